The first-order chi connectivity index (χ1) is 8.89. The van der Waals surface area contributed by atoms with Gasteiger partial charge in [0.05, 0.1) is 5.02 Å². The average molecular weight is 321 g/mol. The molecule has 1 aliphatic rings. The topological polar surface area (TPSA) is 15.3 Å². The fourth-order valence-electron chi connectivity index (χ4n) is 2.88. The second-order valence-corrected chi connectivity index (χ2v) is 6.64. The van der Waals surface area contributed by atoms with Gasteiger partial charge in [-0.15, -0.1) is 12.4 Å². The van der Waals surface area contributed by atoms with Crippen molar-refractivity contribution < 1.29 is 4.39 Å². The van der Waals surface area contributed by atoms with Crippen molar-refractivity contribution in [1.82, 2.24) is 10.2 Å². The Bertz CT molecular complexity index is 440. The molecule has 1 saturated heterocycles. The van der Waals surface area contributed by atoms with Crippen molar-refractivity contribution in [3.05, 3.63) is 34.6 Å². The maximum Gasteiger partial charge on any atom is 0.141 e. The lowest BCUT2D eigenvalue weighted by Crippen LogP contribution is -2.48. The number of piperazine rings is 1. The van der Waals surface area contributed by atoms with E-state index >= 15 is 0 Å². The third-order valence-corrected chi connectivity index (χ3v) is 3.89. The fraction of sp³-hybridized carbons (Fsp3) is 0.600. The van der Waals surface area contributed by atoms with E-state index in [1.807, 2.05) is 6.07 Å². The van der Waals surface area contributed by atoms with Gasteiger partial charge in [-0.3, -0.25) is 4.90 Å². The minimum absolute atomic E-state index is 0. The molecule has 1 aromatic rings. The summed E-state index contributed by atoms with van der Waals surface area (Å²) in [7, 11) is 0. The fourth-order valence-corrected chi connectivity index (χ4v) is 3.07. The average Bonchev–Trinajstić information content (AvgIpc) is 2.34. The molecule has 0 radical (unpaired) electrons. The summed E-state index contributed by atoms with van der Waals surface area (Å²) in [5, 5.41) is 3.58. The molecule has 1 fully saturated rings. The maximum atomic E-state index is 13.3. The number of halogens is 3. The molecule has 0 aliphatic carbocycles. The SMILES string of the molecule is CC(C)(C)[C@@H](c1ccc(F)c(Cl)c1)N1CCNCC1.Cl. The highest BCUT2D eigenvalue weighted by Gasteiger charge is 2.32. The summed E-state index contributed by atoms with van der Waals surface area (Å²) in [6.45, 7) is 10.7. The molecule has 0 aromatic heterocycles. The van der Waals surface area contributed by atoms with Crippen LogP contribution in [-0.4, -0.2) is 31.1 Å². The second kappa shape index (κ2) is 7.08. The molecule has 0 amide bonds. The number of nitrogens with one attached hydrogen (secondary N) is 1. The molecular formula is C15H23Cl2FN2. The Morgan fingerprint density at radius 2 is 1.85 bits per heavy atom. The molecule has 5 heteroatoms. The first-order valence-electron chi connectivity index (χ1n) is 6.79. The molecule has 0 spiro atoms. The first-order valence-corrected chi connectivity index (χ1v) is 7.17. The van der Waals surface area contributed by atoms with Crippen molar-refractivity contribution in [2.75, 3.05) is 26.2 Å². The van der Waals surface area contributed by atoms with E-state index < -0.39 is 0 Å². The van der Waals surface area contributed by atoms with E-state index in [9.17, 15) is 4.39 Å². The molecule has 20 heavy (non-hydrogen) atoms. The summed E-state index contributed by atoms with van der Waals surface area (Å²) in [5.74, 6) is -0.349. The molecule has 0 unspecified atom stereocenters. The lowest BCUT2D eigenvalue weighted by Gasteiger charge is -2.42. The highest BCUT2D eigenvalue weighted by Crippen LogP contribution is 2.39. The van der Waals surface area contributed by atoms with Gasteiger partial charge in [0.25, 0.3) is 0 Å². The van der Waals surface area contributed by atoms with E-state index in [2.05, 4.69) is 31.0 Å². The zero-order valence-electron chi connectivity index (χ0n) is 12.2. The lowest BCUT2D eigenvalue weighted by molar-refractivity contribution is 0.0862. The van der Waals surface area contributed by atoms with E-state index in [0.717, 1.165) is 31.7 Å². The summed E-state index contributed by atoms with van der Waals surface area (Å²) in [4.78, 5) is 2.46. The minimum Gasteiger partial charge on any atom is -0.314 e. The van der Waals surface area contributed by atoms with Crippen molar-refractivity contribution in [2.24, 2.45) is 5.41 Å². The van der Waals surface area contributed by atoms with Crippen LogP contribution in [0.4, 0.5) is 4.39 Å². The number of nitrogens with zero attached hydrogens (tertiary/aromatic N) is 1. The van der Waals surface area contributed by atoms with E-state index in [4.69, 9.17) is 11.6 Å². The van der Waals surface area contributed by atoms with Gasteiger partial charge in [-0.2, -0.15) is 0 Å². The van der Waals surface area contributed by atoms with Gasteiger partial charge < -0.3 is 5.32 Å². The third-order valence-electron chi connectivity index (χ3n) is 3.60. The highest BCUT2D eigenvalue weighted by molar-refractivity contribution is 6.30. The molecule has 2 rings (SSSR count). The minimum atomic E-state index is -0.349. The number of hydrogen-bond donors (Lipinski definition) is 1. The van der Waals surface area contributed by atoms with Crippen LogP contribution in [0.5, 0.6) is 0 Å². The second-order valence-electron chi connectivity index (χ2n) is 6.23. The quantitative estimate of drug-likeness (QED) is 0.889. The Kier molecular flexibility index (Phi) is 6.26. The van der Waals surface area contributed by atoms with Crippen molar-refractivity contribution in [3.63, 3.8) is 0 Å². The van der Waals surface area contributed by atoms with E-state index in [-0.39, 0.29) is 34.7 Å². The molecule has 1 atom stereocenters. The largest absolute Gasteiger partial charge is 0.314 e. The third kappa shape index (κ3) is 4.08. The van der Waals surface area contributed by atoms with Crippen LogP contribution in [0.2, 0.25) is 5.02 Å². The van der Waals surface area contributed by atoms with E-state index in [1.54, 1.807) is 6.07 Å². The van der Waals surface area contributed by atoms with Crippen LogP contribution < -0.4 is 5.32 Å². The smallest absolute Gasteiger partial charge is 0.141 e. The van der Waals surface area contributed by atoms with E-state index in [1.165, 1.54) is 6.07 Å². The van der Waals surface area contributed by atoms with Crippen LogP contribution in [0.3, 0.4) is 0 Å². The molecule has 114 valence electrons. The van der Waals surface area contributed by atoms with Crippen LogP contribution in [0.25, 0.3) is 0 Å². The van der Waals surface area contributed by atoms with Crippen LogP contribution >= 0.6 is 24.0 Å². The number of rotatable bonds is 2. The van der Waals surface area contributed by atoms with Gasteiger partial charge in [0, 0.05) is 32.2 Å². The standard InChI is InChI=1S/C15H22ClFN2.ClH/c1-15(2,3)14(19-8-6-18-7-9-19)11-4-5-13(17)12(16)10-11;/h4-5,10,14,18H,6-9H2,1-3H3;1H/t14-;/m1./s1. The molecule has 2 nitrogen and oxygen atoms in total. The predicted molar refractivity (Wildman–Crippen MR) is 85.3 cm³/mol. The molecular weight excluding hydrogens is 298 g/mol. The van der Waals surface area contributed by atoms with Crippen LogP contribution in [-0.2, 0) is 0 Å². The van der Waals surface area contributed by atoms with E-state index in [0.29, 0.717) is 0 Å². The summed E-state index contributed by atoms with van der Waals surface area (Å²) >= 11 is 5.94. The highest BCUT2D eigenvalue weighted by atomic mass is 35.5. The van der Waals surface area contributed by atoms with Crippen LogP contribution in [0, 0.1) is 11.2 Å². The van der Waals surface area contributed by atoms with Crippen LogP contribution in [0.15, 0.2) is 18.2 Å². The van der Waals surface area contributed by atoms with Crippen molar-refractivity contribution >= 4 is 24.0 Å². The monoisotopic (exact) mass is 320 g/mol. The summed E-state index contributed by atoms with van der Waals surface area (Å²) < 4.78 is 13.3. The van der Waals surface area contributed by atoms with Gasteiger partial charge in [-0.05, 0) is 23.1 Å². The van der Waals surface area contributed by atoms with Crippen molar-refractivity contribution in [1.29, 1.82) is 0 Å². The van der Waals surface area contributed by atoms with Gasteiger partial charge >= 0.3 is 0 Å². The van der Waals surface area contributed by atoms with Gasteiger partial charge in [0.1, 0.15) is 5.82 Å². The molecule has 1 N–H and O–H groups in total. The normalized spacial score (nSPS) is 18.4. The molecule has 1 aliphatic heterocycles. The Morgan fingerprint density at radius 1 is 1.25 bits per heavy atom. The maximum absolute atomic E-state index is 13.3. The molecule has 1 heterocycles. The van der Waals surface area contributed by atoms with Crippen LogP contribution in [0.1, 0.15) is 32.4 Å². The van der Waals surface area contributed by atoms with Crippen molar-refractivity contribution in [3.8, 4) is 0 Å². The van der Waals surface area contributed by atoms with Gasteiger partial charge in [0.15, 0.2) is 0 Å². The van der Waals surface area contributed by atoms with Crippen molar-refractivity contribution in [2.45, 2.75) is 26.8 Å². The Morgan fingerprint density at radius 3 is 2.35 bits per heavy atom. The lowest BCUT2D eigenvalue weighted by atomic mass is 9.81. The first kappa shape index (κ1) is 17.7. The zero-order chi connectivity index (χ0) is 14.0. The van der Waals surface area contributed by atoms with Gasteiger partial charge in [0.2, 0.25) is 0 Å². The summed E-state index contributed by atoms with van der Waals surface area (Å²) in [6.07, 6.45) is 0. The number of hydrogen-bond acceptors (Lipinski definition) is 2. The summed E-state index contributed by atoms with van der Waals surface area (Å²) in [6, 6.07) is 5.36. The molecule has 0 saturated carbocycles. The summed E-state index contributed by atoms with van der Waals surface area (Å²) in [5.41, 5.74) is 1.18. The van der Waals surface area contributed by atoms with Gasteiger partial charge in [-0.1, -0.05) is 38.4 Å². The van der Waals surface area contributed by atoms with Gasteiger partial charge in [-0.25, -0.2) is 4.39 Å². The Labute approximate surface area is 132 Å². The number of benzene rings is 1. The Hall–Kier alpha value is -0.350. The Balaban J connectivity index is 0.00000200. The molecule has 0 bridgehead atoms. The molecule has 1 aromatic carbocycles. The zero-order valence-corrected chi connectivity index (χ0v) is 13.8. The predicted octanol–water partition coefficient (Wildman–Crippen LogP) is 3.89.